The second kappa shape index (κ2) is 71.2. The maximum atomic E-state index is 13.0. The number of nitrogens with zero attached hydrogens (tertiary/aromatic N) is 3. The number of nitrogens with one attached hydrogen (secondary N) is 5. The number of carbonyl (C=O) groups is 11. The number of esters is 2. The molecule has 5 aromatic carbocycles. The topological polar surface area (TPSA) is 556 Å². The maximum absolute atomic E-state index is 13.0. The van der Waals surface area contributed by atoms with Crippen molar-refractivity contribution in [3.8, 4) is 23.0 Å². The van der Waals surface area contributed by atoms with Gasteiger partial charge in [0, 0.05) is 126 Å². The number of alkyl carbamates (subject to hydrolysis) is 3. The Hall–Kier alpha value is -13.4. The molecular weight excluding hydrogens is 1920 g/mol. The molecule has 3 aliphatic rings. The molecule has 38 nitrogen and oxygen atoms in total. The van der Waals surface area contributed by atoms with E-state index in [0.29, 0.717) is 80.1 Å². The van der Waals surface area contributed by atoms with Crippen LogP contribution in [0.4, 0.5) is 14.4 Å². The third-order valence-electron chi connectivity index (χ3n) is 21.2. The number of phenolic OH excluding ortho intramolecular Hbond substituents is 2. The fraction of sp³-hybridized carbons (Fsp3) is 0.495. The molecular formula is C111H155N9O29. The number of aryl methyl sites for hydroxylation is 9. The van der Waals surface area contributed by atoms with Crippen LogP contribution in [0.25, 0.3) is 0 Å². The van der Waals surface area contributed by atoms with Gasteiger partial charge in [-0.05, 0) is 317 Å². The van der Waals surface area contributed by atoms with E-state index in [1.54, 1.807) is 184 Å². The number of rotatable bonds is 40. The lowest BCUT2D eigenvalue weighted by Gasteiger charge is -2.23. The lowest BCUT2D eigenvalue weighted by atomic mass is 10.1. The second-order valence-corrected chi connectivity index (χ2v) is 38.4. The Labute approximate surface area is 873 Å². The normalized spacial score (nSPS) is 14.6. The number of carboxylic acids is 3. The van der Waals surface area contributed by atoms with E-state index in [1.165, 1.54) is 17.5 Å². The van der Waals surface area contributed by atoms with Gasteiger partial charge in [-0.15, -0.1) is 0 Å². The average Bonchev–Trinajstić information content (AvgIpc) is 0.848. The molecule has 11 rings (SSSR count). The number of hydrogen-bond acceptors (Lipinski definition) is 30. The Morgan fingerprint density at radius 2 is 0.711 bits per heavy atom. The van der Waals surface area contributed by atoms with Gasteiger partial charge in [0.15, 0.2) is 24.7 Å². The molecule has 0 bridgehead atoms. The molecule has 6 atom stereocenters. The Kier molecular flexibility index (Phi) is 61.1. The van der Waals surface area contributed by atoms with Gasteiger partial charge in [0.1, 0.15) is 64.5 Å². The summed E-state index contributed by atoms with van der Waals surface area (Å²) in [7, 11) is 0. The molecule has 3 unspecified atom stereocenters. The maximum Gasteiger partial charge on any atom is 0.408 e. The number of carboxylic acid groups (broad SMARTS) is 3. The van der Waals surface area contributed by atoms with Crippen molar-refractivity contribution < 1.29 is 141 Å². The number of aliphatic carboxylic acids is 3. The van der Waals surface area contributed by atoms with Crippen LogP contribution in [0.15, 0.2) is 176 Å². The lowest BCUT2D eigenvalue weighted by molar-refractivity contribution is -0.200. The fourth-order valence-corrected chi connectivity index (χ4v) is 13.6. The zero-order chi connectivity index (χ0) is 110. The van der Waals surface area contributed by atoms with E-state index in [0.717, 1.165) is 136 Å². The molecule has 8 aromatic rings. The molecule has 0 radical (unpaired) electrons. The Morgan fingerprint density at radius 3 is 1.02 bits per heavy atom. The van der Waals surface area contributed by atoms with Crippen molar-refractivity contribution in [2.24, 2.45) is 5.90 Å². The van der Waals surface area contributed by atoms with Crippen LogP contribution in [0, 0.1) is 27.7 Å². The number of aliphatic hydroxyl groups excluding tert-OH is 1. The highest BCUT2D eigenvalue weighted by Crippen LogP contribution is 2.24. The zero-order valence-electron chi connectivity index (χ0n) is 88.4. The summed E-state index contributed by atoms with van der Waals surface area (Å²) < 4.78 is 48.1. The van der Waals surface area contributed by atoms with E-state index < -0.39 is 89.0 Å². The van der Waals surface area contributed by atoms with Gasteiger partial charge in [-0.1, -0.05) is 96.6 Å². The van der Waals surface area contributed by atoms with Crippen LogP contribution in [0.5, 0.6) is 23.0 Å². The monoisotopic (exact) mass is 2080 g/mol. The largest absolute Gasteiger partial charge is 0.508 e. The first-order valence-electron chi connectivity index (χ1n) is 50.2. The Bertz CT molecular complexity index is 5140. The van der Waals surface area contributed by atoms with Crippen LogP contribution in [0.3, 0.4) is 0 Å². The summed E-state index contributed by atoms with van der Waals surface area (Å²) in [5.41, 5.74) is 13.4. The minimum atomic E-state index is -1.13. The van der Waals surface area contributed by atoms with Crippen LogP contribution in [-0.4, -0.2) is 203 Å². The molecule has 3 fully saturated rings. The van der Waals surface area contributed by atoms with E-state index >= 15 is 0 Å². The molecule has 0 aliphatic carbocycles. The molecule has 3 aromatic heterocycles. The van der Waals surface area contributed by atoms with E-state index in [-0.39, 0.29) is 93.8 Å². The van der Waals surface area contributed by atoms with Crippen LogP contribution >= 0.6 is 0 Å². The summed E-state index contributed by atoms with van der Waals surface area (Å²) in [4.78, 5) is 151. The summed E-state index contributed by atoms with van der Waals surface area (Å²) in [6.07, 6.45) is 20.3. The predicted molar refractivity (Wildman–Crippen MR) is 556 cm³/mol. The lowest BCUT2D eigenvalue weighted by Crippen LogP contribution is -2.46. The second-order valence-electron chi connectivity index (χ2n) is 38.4. The number of pyridine rings is 3. The molecule has 0 saturated carbocycles. The Balaban J connectivity index is 0.000000379. The SMILES string of the molecule is CCO.Cc1ccc(CCCC(=O)O)cc1.Cc1ccc(C[C@@H](NC(=O)OC(C)(C)C)C(=O)O)nc1.Cc1ccc(C[C@@H](NC(=O)OC(C)(C)C)C(=O)Oc2ccc(CCCC(=O)NO)cc2)nc1.Cc1ccc(C[C@@H](NC(=O)OC(C)(C)C)C(=O)Oc2ccc(CCCC(=O)NOC3CCCCO3)cc2)nc1.NOC1CCCCO1.O=C(CCCc1ccc(O)cc1)COC1CCCCO1.O=C(O)CCCc1ccc(O)cc1. The number of benzene rings is 5. The number of ether oxygens (including phenoxy) is 9. The first kappa shape index (κ1) is 128. The van der Waals surface area contributed by atoms with Gasteiger partial charge in [-0.3, -0.25) is 49.0 Å². The van der Waals surface area contributed by atoms with Crippen molar-refractivity contribution in [3.05, 3.63) is 243 Å². The van der Waals surface area contributed by atoms with Gasteiger partial charge in [0.2, 0.25) is 11.8 Å². The number of aliphatic hydroxyl groups is 1. The predicted octanol–water partition coefficient (Wildman–Crippen LogP) is 16.9. The minimum Gasteiger partial charge on any atom is -0.508 e. The summed E-state index contributed by atoms with van der Waals surface area (Å²) >= 11 is 0. The Morgan fingerprint density at radius 1 is 0.403 bits per heavy atom. The van der Waals surface area contributed by atoms with E-state index in [4.69, 9.17) is 84.1 Å². The molecule has 6 heterocycles. The molecule has 3 aliphatic heterocycles. The number of amides is 5. The summed E-state index contributed by atoms with van der Waals surface area (Å²) in [6, 6.07) is 43.9. The minimum absolute atomic E-state index is 0.106. The van der Waals surface area contributed by atoms with Gasteiger partial charge in [-0.2, -0.15) is 0 Å². The standard InChI is InChI=1S/C29H39N3O7.C24H31N3O6.C16H22O4.C14H20N2O4.C11H14O2.C10H12O3.C5H11NO2.C2H6O/c1-20-11-14-22(30-19-20)18-24(31-28(35)38-29(2,3)4)27(34)37-23-15-12-21(13-16-23)8-7-9-25(33)32-39-26-10-5-6-17-36-26;1-16-8-11-18(25-15-16)14-20(26-23(30)33-24(2,3)4)22(29)32-19-12-9-17(10-13-19)6-5-7-21(28)27-31;17-14-9-7-13(8-10-14)4-3-5-15(18)12-20-16-6-1-2-11-19-16;1-9-5-6-10(15-8-9)7-11(12(17)18)16-13(19)20-14(2,3)4;1-9-5-7-10(8-6-9)3-2-4-11(12)13;11-9-6-4-8(5-7-9)2-1-3-10(12)13;6-8-5-3-1-2-4-7-5;1-2-3/h11-16,19,24,26H,5-10,17-18H2,1-4H3,(H,31,35)(H,32,33);8-13,15,20,31H,5-7,14H2,1-4H3,(H,26,30)(H,27,28);7-10,16-17H,1-6,11-12H2;5-6,8,11H,7H2,1-4H3,(H,16,19)(H,17,18);5-8H,2-4H2,1H3,(H,12,13);4-7,11H,1-3H2,(H,12,13);5H,1-4,6H2;3H,2H2,1H3/t24-,26?;20-;;11-;;;;/m11.1..../s1. The van der Waals surface area contributed by atoms with Crippen molar-refractivity contribution >= 4 is 65.7 Å². The van der Waals surface area contributed by atoms with Gasteiger partial charge in [-0.25, -0.2) is 50.5 Å². The molecule has 149 heavy (non-hydrogen) atoms. The number of nitrogens with two attached hydrogens (primary N) is 1. The van der Waals surface area contributed by atoms with Gasteiger partial charge >= 0.3 is 48.1 Å². The number of carbonyl (C=O) groups excluding carboxylic acids is 8. The molecule has 14 N–H and O–H groups in total. The number of aromatic hydroxyl groups is 2. The number of Topliss-reactive ketones (excluding diaryl/α,β-unsaturated/α-hetero) is 1. The third kappa shape index (κ3) is 63.1. The van der Waals surface area contributed by atoms with E-state index in [1.807, 2.05) is 70.2 Å². The number of aromatic nitrogens is 3. The molecule has 3 saturated heterocycles. The third-order valence-corrected chi connectivity index (χ3v) is 21.2. The first-order valence-corrected chi connectivity index (χ1v) is 50.2. The van der Waals surface area contributed by atoms with Gasteiger partial charge < -0.3 is 89.2 Å². The quantitative estimate of drug-likeness (QED) is 0.00558. The van der Waals surface area contributed by atoms with Crippen molar-refractivity contribution in [1.29, 1.82) is 0 Å². The van der Waals surface area contributed by atoms with Crippen molar-refractivity contribution in [3.63, 3.8) is 0 Å². The van der Waals surface area contributed by atoms with Crippen LogP contribution in [0.1, 0.15) is 258 Å². The van der Waals surface area contributed by atoms with Crippen LogP contribution in [0.2, 0.25) is 0 Å². The zero-order valence-corrected chi connectivity index (χ0v) is 88.4. The van der Waals surface area contributed by atoms with Crippen LogP contribution < -0.4 is 42.3 Å². The summed E-state index contributed by atoms with van der Waals surface area (Å²) in [6.45, 7) is 27.6. The smallest absolute Gasteiger partial charge is 0.408 e. The van der Waals surface area contributed by atoms with Gasteiger partial charge in [0.25, 0.3) is 0 Å². The highest BCUT2D eigenvalue weighted by Gasteiger charge is 2.31. The molecule has 5 amide bonds. The number of hydroxylamine groups is 2. The van der Waals surface area contributed by atoms with E-state index in [9.17, 15) is 57.8 Å². The van der Waals surface area contributed by atoms with Crippen LogP contribution in [-0.2, 0) is 133 Å². The van der Waals surface area contributed by atoms with E-state index in [2.05, 4.69) is 65.5 Å². The highest BCUT2D eigenvalue weighted by atomic mass is 16.8. The molecule has 0 spiro atoms. The molecule has 818 valence electrons. The van der Waals surface area contributed by atoms with Crippen molar-refractivity contribution in [1.82, 2.24) is 41.9 Å². The van der Waals surface area contributed by atoms with Crippen molar-refractivity contribution in [2.75, 3.05) is 33.0 Å². The average molecular weight is 2080 g/mol. The summed E-state index contributed by atoms with van der Waals surface area (Å²) in [5, 5.41) is 67.7. The first-order chi connectivity index (χ1) is 70.7. The van der Waals surface area contributed by atoms with Gasteiger partial charge in [0.05, 0.1) is 0 Å². The number of phenols is 2. The number of hydrogen-bond donors (Lipinski definition) is 13. The summed E-state index contributed by atoms with van der Waals surface area (Å²) in [5.74, 6) is 1.66. The van der Waals surface area contributed by atoms with Crippen molar-refractivity contribution in [2.45, 2.75) is 324 Å². The molecule has 38 heteroatoms. The highest BCUT2D eigenvalue weighted by molar-refractivity contribution is 5.85. The number of ketones is 1. The fourth-order valence-electron chi connectivity index (χ4n) is 13.6.